The van der Waals surface area contributed by atoms with Gasteiger partial charge in [-0.15, -0.1) is 0 Å². The Balaban J connectivity index is 2.63. The van der Waals surface area contributed by atoms with Gasteiger partial charge in [0, 0.05) is 0 Å². The minimum atomic E-state index is -0.665. The molecule has 0 unspecified atom stereocenters. The molecule has 2 rings (SSSR count). The zero-order valence-corrected chi connectivity index (χ0v) is 10.7. The predicted molar refractivity (Wildman–Crippen MR) is 75.2 cm³/mol. The predicted octanol–water partition coefficient (Wildman–Crippen LogP) is 3.44. The van der Waals surface area contributed by atoms with Crippen LogP contribution in [-0.2, 0) is 9.47 Å². The fourth-order valence-corrected chi connectivity index (χ4v) is 1.86. The van der Waals surface area contributed by atoms with Crippen molar-refractivity contribution in [3.8, 4) is 0 Å². The van der Waals surface area contributed by atoms with Crippen molar-refractivity contribution in [3.05, 3.63) is 73.2 Å². The van der Waals surface area contributed by atoms with Crippen molar-refractivity contribution in [2.24, 2.45) is 0 Å². The molecule has 0 heterocycles. The van der Waals surface area contributed by atoms with Crippen molar-refractivity contribution >= 4 is 22.7 Å². The molecule has 0 N–H and O–H groups in total. The summed E-state index contributed by atoms with van der Waals surface area (Å²) in [7, 11) is 0. The van der Waals surface area contributed by atoms with Gasteiger partial charge in [0.2, 0.25) is 0 Å². The van der Waals surface area contributed by atoms with Crippen LogP contribution >= 0.6 is 0 Å². The molecule has 0 fully saturated rings. The average molecular weight is 268 g/mol. The van der Waals surface area contributed by atoms with Gasteiger partial charge in [-0.1, -0.05) is 37.4 Å². The van der Waals surface area contributed by atoms with Crippen LogP contribution in [0, 0.1) is 0 Å². The summed E-state index contributed by atoms with van der Waals surface area (Å²) in [6.07, 6.45) is 2.03. The van der Waals surface area contributed by atoms with Crippen molar-refractivity contribution in [2.45, 2.75) is 0 Å². The Morgan fingerprint density at radius 1 is 0.850 bits per heavy atom. The number of hydrogen-bond acceptors (Lipinski definition) is 4. The number of carbonyl (C=O) groups is 2. The molecule has 0 aromatic heterocycles. The van der Waals surface area contributed by atoms with Gasteiger partial charge in [0.15, 0.2) is 0 Å². The first-order valence-corrected chi connectivity index (χ1v) is 5.84. The van der Waals surface area contributed by atoms with Gasteiger partial charge in [-0.25, -0.2) is 9.59 Å². The van der Waals surface area contributed by atoms with Crippen molar-refractivity contribution in [1.29, 1.82) is 0 Å². The molecule has 0 saturated carbocycles. The van der Waals surface area contributed by atoms with Crippen molar-refractivity contribution in [3.63, 3.8) is 0 Å². The average Bonchev–Trinajstić information content (AvgIpc) is 2.46. The summed E-state index contributed by atoms with van der Waals surface area (Å²) in [6.45, 7) is 6.65. The van der Waals surface area contributed by atoms with Gasteiger partial charge in [-0.2, -0.15) is 0 Å². The lowest BCUT2D eigenvalue weighted by molar-refractivity contribution is 0.0620. The fourth-order valence-electron chi connectivity index (χ4n) is 1.86. The molecule has 0 saturated heterocycles. The van der Waals surface area contributed by atoms with E-state index in [1.54, 1.807) is 12.1 Å². The molecular formula is C16H12O4. The molecule has 2 aromatic rings. The van der Waals surface area contributed by atoms with Crippen LogP contribution in [0.2, 0.25) is 0 Å². The van der Waals surface area contributed by atoms with E-state index in [0.717, 1.165) is 23.3 Å². The molecule has 4 heteroatoms. The van der Waals surface area contributed by atoms with Crippen LogP contribution < -0.4 is 0 Å². The second-order valence-electron chi connectivity index (χ2n) is 3.89. The summed E-state index contributed by atoms with van der Waals surface area (Å²) in [5.41, 5.74) is 0.242. The molecule has 0 aliphatic rings. The summed E-state index contributed by atoms with van der Waals surface area (Å²) >= 11 is 0. The number of rotatable bonds is 4. The van der Waals surface area contributed by atoms with E-state index in [2.05, 4.69) is 13.2 Å². The molecule has 0 radical (unpaired) electrons. The van der Waals surface area contributed by atoms with E-state index in [1.807, 2.05) is 24.3 Å². The van der Waals surface area contributed by atoms with Crippen LogP contribution in [0.5, 0.6) is 0 Å². The maximum absolute atomic E-state index is 11.9. The van der Waals surface area contributed by atoms with E-state index in [9.17, 15) is 9.59 Å². The van der Waals surface area contributed by atoms with Gasteiger partial charge < -0.3 is 9.47 Å². The first-order chi connectivity index (χ1) is 9.67. The Bertz CT molecular complexity index is 640. The Labute approximate surface area is 115 Å². The van der Waals surface area contributed by atoms with E-state index in [-0.39, 0.29) is 11.1 Å². The second-order valence-corrected chi connectivity index (χ2v) is 3.89. The molecule has 0 atom stereocenters. The molecule has 0 aliphatic heterocycles. The minimum absolute atomic E-state index is 0.121. The fraction of sp³-hybridized carbons (Fsp3) is 0. The van der Waals surface area contributed by atoms with Crippen molar-refractivity contribution in [2.75, 3.05) is 0 Å². The van der Waals surface area contributed by atoms with Crippen molar-refractivity contribution < 1.29 is 19.1 Å². The highest BCUT2D eigenvalue weighted by molar-refractivity contribution is 6.07. The Morgan fingerprint density at radius 2 is 1.25 bits per heavy atom. The van der Waals surface area contributed by atoms with Crippen LogP contribution in [0.4, 0.5) is 0 Å². The highest BCUT2D eigenvalue weighted by Gasteiger charge is 2.19. The third kappa shape index (κ3) is 2.59. The number of ether oxygens (including phenoxy) is 2. The van der Waals surface area contributed by atoms with Crippen LogP contribution in [0.15, 0.2) is 62.1 Å². The highest BCUT2D eigenvalue weighted by Crippen LogP contribution is 2.22. The Hall–Kier alpha value is -2.88. The normalized spacial score (nSPS) is 9.80. The first-order valence-electron chi connectivity index (χ1n) is 5.84. The lowest BCUT2D eigenvalue weighted by Gasteiger charge is -2.08. The maximum Gasteiger partial charge on any atom is 0.343 e. The smallest absolute Gasteiger partial charge is 0.343 e. The largest absolute Gasteiger partial charge is 0.432 e. The number of benzene rings is 2. The first kappa shape index (κ1) is 13.5. The highest BCUT2D eigenvalue weighted by atomic mass is 16.5. The van der Waals surface area contributed by atoms with Crippen LogP contribution in [0.3, 0.4) is 0 Å². The molecule has 100 valence electrons. The van der Waals surface area contributed by atoms with Gasteiger partial charge in [-0.05, 0) is 22.9 Å². The lowest BCUT2D eigenvalue weighted by atomic mass is 10.0. The molecule has 0 amide bonds. The number of esters is 2. The topological polar surface area (TPSA) is 52.6 Å². The van der Waals surface area contributed by atoms with Crippen LogP contribution in [0.25, 0.3) is 10.8 Å². The molecule has 0 bridgehead atoms. The third-order valence-corrected chi connectivity index (χ3v) is 2.71. The SMILES string of the molecule is C=COC(=O)c1cc2ccccc2cc1C(=O)OC=C. The summed E-state index contributed by atoms with van der Waals surface area (Å²) < 4.78 is 9.47. The maximum atomic E-state index is 11.9. The van der Waals surface area contributed by atoms with Crippen LogP contribution in [0.1, 0.15) is 20.7 Å². The third-order valence-electron chi connectivity index (χ3n) is 2.71. The van der Waals surface area contributed by atoms with E-state index in [4.69, 9.17) is 9.47 Å². The Kier molecular flexibility index (Phi) is 3.96. The summed E-state index contributed by atoms with van der Waals surface area (Å²) in [4.78, 5) is 23.8. The summed E-state index contributed by atoms with van der Waals surface area (Å²) in [6, 6.07) is 10.5. The van der Waals surface area contributed by atoms with Gasteiger partial charge in [0.25, 0.3) is 0 Å². The van der Waals surface area contributed by atoms with E-state index < -0.39 is 11.9 Å². The molecule has 4 nitrogen and oxygen atoms in total. The van der Waals surface area contributed by atoms with Crippen molar-refractivity contribution in [1.82, 2.24) is 0 Å². The van der Waals surface area contributed by atoms with E-state index >= 15 is 0 Å². The quantitative estimate of drug-likeness (QED) is 0.629. The molecule has 20 heavy (non-hydrogen) atoms. The zero-order valence-electron chi connectivity index (χ0n) is 10.7. The summed E-state index contributed by atoms with van der Waals surface area (Å²) in [5.74, 6) is -1.33. The number of hydrogen-bond donors (Lipinski definition) is 0. The monoisotopic (exact) mass is 268 g/mol. The number of fused-ring (bicyclic) bond motifs is 1. The second kappa shape index (κ2) is 5.84. The van der Waals surface area contributed by atoms with Crippen LogP contribution in [-0.4, -0.2) is 11.9 Å². The van der Waals surface area contributed by atoms with E-state index in [0.29, 0.717) is 0 Å². The standard InChI is InChI=1S/C16H12O4/c1-3-19-15(17)13-9-11-7-5-6-8-12(11)10-14(13)16(18)20-4-2/h3-10H,1-2H2. The van der Waals surface area contributed by atoms with Gasteiger partial charge in [-0.3, -0.25) is 0 Å². The minimum Gasteiger partial charge on any atom is -0.432 e. The van der Waals surface area contributed by atoms with E-state index in [1.165, 1.54) is 0 Å². The van der Waals surface area contributed by atoms with Gasteiger partial charge in [0.05, 0.1) is 23.7 Å². The van der Waals surface area contributed by atoms with Gasteiger partial charge >= 0.3 is 11.9 Å². The lowest BCUT2D eigenvalue weighted by Crippen LogP contribution is -2.11. The zero-order chi connectivity index (χ0) is 14.5. The molecular weight excluding hydrogens is 256 g/mol. The molecule has 0 spiro atoms. The molecule has 0 aliphatic carbocycles. The summed E-state index contributed by atoms with van der Waals surface area (Å²) in [5, 5.41) is 1.64. The molecule has 2 aromatic carbocycles. The van der Waals surface area contributed by atoms with Gasteiger partial charge in [0.1, 0.15) is 0 Å². The Morgan fingerprint density at radius 3 is 1.60 bits per heavy atom. The number of carbonyl (C=O) groups excluding carboxylic acids is 2.